The number of phenols is 1. The molecular weight excluding hydrogens is 630 g/mol. The monoisotopic (exact) mass is 669 g/mol. The lowest BCUT2D eigenvalue weighted by Gasteiger charge is -2.47. The van der Waals surface area contributed by atoms with Crippen LogP contribution in [0.3, 0.4) is 0 Å². The van der Waals surface area contributed by atoms with Crippen LogP contribution in [0.25, 0.3) is 0 Å². The van der Waals surface area contributed by atoms with Gasteiger partial charge >= 0.3 is 0 Å². The number of nitrogens with zero attached hydrogens (tertiary/aromatic N) is 1. The van der Waals surface area contributed by atoms with Crippen LogP contribution in [0, 0.1) is 11.8 Å². The Morgan fingerprint density at radius 3 is 2.49 bits per heavy atom. The first-order valence-electron chi connectivity index (χ1n) is 15.9. The van der Waals surface area contributed by atoms with E-state index >= 15 is 0 Å². The number of carbonyl (C=O) groups excluding carboxylic acids is 3. The van der Waals surface area contributed by atoms with E-state index in [4.69, 9.17) is 30.5 Å². The summed E-state index contributed by atoms with van der Waals surface area (Å²) >= 11 is 6.60. The minimum atomic E-state index is -2.03. The van der Waals surface area contributed by atoms with Crippen LogP contribution >= 0.6 is 11.6 Å². The van der Waals surface area contributed by atoms with E-state index in [-0.39, 0.29) is 69.6 Å². The quantitative estimate of drug-likeness (QED) is 0.362. The van der Waals surface area contributed by atoms with Gasteiger partial charge in [-0.15, -0.1) is 0 Å². The standard InChI is InChI=1S/C35H40ClNO10/c1-18-13-23(39)28(32(41)35(18)33(42)29-25(45-3)16-26(46-4)30(36)31(29)47-35)21(19-8-9-22(38)24(14-19)44-2)15-27(40)37-12-11-34(43)10-6-5-7-20(34)17-37/h8-9,14,16,18,20-21,38,41,43H,5-7,10-13,15,17H2,1-4H3. The van der Waals surface area contributed by atoms with Gasteiger partial charge in [-0.25, -0.2) is 0 Å². The summed E-state index contributed by atoms with van der Waals surface area (Å²) in [6, 6.07) is 5.92. The Labute approximate surface area is 278 Å². The van der Waals surface area contributed by atoms with Gasteiger partial charge in [0.2, 0.25) is 17.3 Å². The summed E-state index contributed by atoms with van der Waals surface area (Å²) in [4.78, 5) is 44.1. The zero-order valence-electron chi connectivity index (χ0n) is 26.9. The SMILES string of the molecule is COc1cc(C(CC(=O)N2CCC3(O)CCCCC3C2)C2=C(O)C3(Oc4c(Cl)c(OC)cc(OC)c4C3=O)C(C)CC2=O)ccc1O. The summed E-state index contributed by atoms with van der Waals surface area (Å²) in [6.07, 6.45) is 3.53. The zero-order valence-corrected chi connectivity index (χ0v) is 27.7. The van der Waals surface area contributed by atoms with E-state index in [1.165, 1.54) is 39.5 Å². The zero-order chi connectivity index (χ0) is 33.8. The Morgan fingerprint density at radius 1 is 1.06 bits per heavy atom. The van der Waals surface area contributed by atoms with Crippen molar-refractivity contribution in [3.05, 3.63) is 51.7 Å². The molecule has 1 spiro atoms. The Hall–Kier alpha value is -3.96. The molecule has 0 bridgehead atoms. The van der Waals surface area contributed by atoms with Gasteiger partial charge in [-0.2, -0.15) is 0 Å². The molecule has 0 radical (unpaired) electrons. The molecule has 1 saturated carbocycles. The molecule has 0 aromatic heterocycles. The van der Waals surface area contributed by atoms with Crippen LogP contribution in [0.5, 0.6) is 28.7 Å². The molecule has 11 nitrogen and oxygen atoms in total. The highest BCUT2D eigenvalue weighted by Gasteiger charge is 2.61. The number of aromatic hydroxyl groups is 1. The molecule has 47 heavy (non-hydrogen) atoms. The van der Waals surface area contributed by atoms with Gasteiger partial charge in [-0.05, 0) is 37.0 Å². The molecule has 3 N–H and O–H groups in total. The smallest absolute Gasteiger partial charge is 0.231 e. The van der Waals surface area contributed by atoms with Crippen LogP contribution in [0.15, 0.2) is 35.6 Å². The summed E-state index contributed by atoms with van der Waals surface area (Å²) < 4.78 is 22.5. The highest BCUT2D eigenvalue weighted by molar-refractivity contribution is 6.35. The number of hydrogen-bond donors (Lipinski definition) is 3. The summed E-state index contributed by atoms with van der Waals surface area (Å²) in [5.74, 6) is -3.61. The van der Waals surface area contributed by atoms with E-state index < -0.39 is 40.4 Å². The number of fused-ring (bicyclic) bond motifs is 2. The van der Waals surface area contributed by atoms with E-state index in [0.29, 0.717) is 31.5 Å². The molecule has 6 rings (SSSR count). The number of phenolic OH excluding ortho intramolecular Hbond substituents is 1. The Bertz CT molecular complexity index is 1670. The van der Waals surface area contributed by atoms with Crippen molar-refractivity contribution in [1.29, 1.82) is 0 Å². The van der Waals surface area contributed by atoms with Gasteiger partial charge in [-0.3, -0.25) is 14.4 Å². The third-order valence-corrected chi connectivity index (χ3v) is 11.0. The topological polar surface area (TPSA) is 152 Å². The number of likely N-dealkylation sites (tertiary alicyclic amines) is 1. The maximum Gasteiger partial charge on any atom is 0.231 e. The minimum Gasteiger partial charge on any atom is -0.507 e. The molecule has 5 unspecified atom stereocenters. The van der Waals surface area contributed by atoms with Crippen molar-refractivity contribution in [2.24, 2.45) is 11.8 Å². The minimum absolute atomic E-state index is 0.00902. The normalized spacial score (nSPS) is 27.7. The van der Waals surface area contributed by atoms with Crippen LogP contribution in [0.2, 0.25) is 5.02 Å². The molecule has 252 valence electrons. The molecule has 2 aromatic carbocycles. The predicted molar refractivity (Wildman–Crippen MR) is 171 cm³/mol. The summed E-state index contributed by atoms with van der Waals surface area (Å²) in [5.41, 5.74) is -2.53. The number of Topliss-reactive ketones (excluding diaryl/α,β-unsaturated/α-hetero) is 2. The fourth-order valence-electron chi connectivity index (χ4n) is 7.94. The number of hydrogen-bond acceptors (Lipinski definition) is 10. The molecule has 1 saturated heterocycles. The highest BCUT2D eigenvalue weighted by atomic mass is 35.5. The van der Waals surface area contributed by atoms with E-state index in [0.717, 1.165) is 19.3 Å². The lowest BCUT2D eigenvalue weighted by atomic mass is 9.68. The maximum absolute atomic E-state index is 14.4. The molecule has 2 fully saturated rings. The van der Waals surface area contributed by atoms with Crippen molar-refractivity contribution in [2.75, 3.05) is 34.4 Å². The fourth-order valence-corrected chi connectivity index (χ4v) is 8.20. The molecule has 2 heterocycles. The molecule has 12 heteroatoms. The largest absolute Gasteiger partial charge is 0.507 e. The number of ketones is 2. The second-order valence-corrected chi connectivity index (χ2v) is 13.5. The van der Waals surface area contributed by atoms with Gasteiger partial charge in [0, 0.05) is 55.3 Å². The van der Waals surface area contributed by atoms with Crippen molar-refractivity contribution >= 4 is 29.1 Å². The van der Waals surface area contributed by atoms with E-state index in [9.17, 15) is 29.7 Å². The first-order chi connectivity index (χ1) is 22.4. The van der Waals surface area contributed by atoms with E-state index in [2.05, 4.69) is 0 Å². The number of rotatable bonds is 7. The van der Waals surface area contributed by atoms with Gasteiger partial charge in [0.15, 0.2) is 28.8 Å². The number of amides is 1. The summed E-state index contributed by atoms with van der Waals surface area (Å²) in [7, 11) is 4.16. The highest BCUT2D eigenvalue weighted by Crippen LogP contribution is 2.56. The van der Waals surface area contributed by atoms with Crippen LogP contribution < -0.4 is 18.9 Å². The lowest BCUT2D eigenvalue weighted by molar-refractivity contribution is -0.143. The van der Waals surface area contributed by atoms with Gasteiger partial charge < -0.3 is 39.2 Å². The fraction of sp³-hybridized carbons (Fsp3) is 0.514. The average Bonchev–Trinajstić information content (AvgIpc) is 3.37. The van der Waals surface area contributed by atoms with Crippen molar-refractivity contribution in [3.63, 3.8) is 0 Å². The van der Waals surface area contributed by atoms with Gasteiger partial charge in [0.1, 0.15) is 22.1 Å². The number of allylic oxidation sites excluding steroid dienone is 1. The molecule has 1 amide bonds. The molecule has 5 atom stereocenters. The number of methoxy groups -OCH3 is 3. The Kier molecular flexibility index (Phi) is 8.59. The van der Waals surface area contributed by atoms with Gasteiger partial charge in [0.25, 0.3) is 0 Å². The molecule has 2 aromatic rings. The van der Waals surface area contributed by atoms with Crippen LogP contribution in [-0.4, -0.2) is 83.3 Å². The second-order valence-electron chi connectivity index (χ2n) is 13.1. The van der Waals surface area contributed by atoms with Gasteiger partial charge in [-0.1, -0.05) is 37.4 Å². The first kappa shape index (κ1) is 33.0. The molecule has 2 aliphatic heterocycles. The van der Waals surface area contributed by atoms with Crippen molar-refractivity contribution in [2.45, 2.75) is 69.0 Å². The molecule has 2 aliphatic carbocycles. The second kappa shape index (κ2) is 12.2. The van der Waals surface area contributed by atoms with Crippen molar-refractivity contribution in [3.8, 4) is 28.7 Å². The number of ether oxygens (including phenoxy) is 4. The van der Waals surface area contributed by atoms with Crippen LogP contribution in [0.4, 0.5) is 0 Å². The molecule has 4 aliphatic rings. The molecular formula is C35H40ClNO10. The Morgan fingerprint density at radius 2 is 1.79 bits per heavy atom. The van der Waals surface area contributed by atoms with E-state index in [1.807, 2.05) is 0 Å². The Balaban J connectivity index is 1.45. The van der Waals surface area contributed by atoms with Gasteiger partial charge in [0.05, 0.1) is 26.9 Å². The summed E-state index contributed by atoms with van der Waals surface area (Å²) in [5, 5.41) is 33.7. The third kappa shape index (κ3) is 5.18. The van der Waals surface area contributed by atoms with Crippen molar-refractivity contribution in [1.82, 2.24) is 4.90 Å². The van der Waals surface area contributed by atoms with E-state index in [1.54, 1.807) is 17.9 Å². The number of piperidine rings is 1. The summed E-state index contributed by atoms with van der Waals surface area (Å²) in [6.45, 7) is 2.38. The number of aliphatic hydroxyl groups is 2. The predicted octanol–water partition coefficient (Wildman–Crippen LogP) is 5.13. The number of benzene rings is 2. The first-order valence-corrected chi connectivity index (χ1v) is 16.3. The average molecular weight is 670 g/mol. The van der Waals surface area contributed by atoms with Crippen molar-refractivity contribution < 1.29 is 48.7 Å². The van der Waals surface area contributed by atoms with Crippen LogP contribution in [0.1, 0.15) is 73.7 Å². The maximum atomic E-state index is 14.4. The number of halogens is 1. The van der Waals surface area contributed by atoms with Crippen LogP contribution in [-0.2, 0) is 9.59 Å². The third-order valence-electron chi connectivity index (χ3n) is 10.6. The number of carbonyl (C=O) groups is 3. The number of aliphatic hydroxyl groups excluding tert-OH is 1. The lowest BCUT2D eigenvalue weighted by Crippen LogP contribution is -2.55.